The van der Waals surface area contributed by atoms with Crippen LogP contribution < -0.4 is 14.8 Å². The Morgan fingerprint density at radius 2 is 1.82 bits per heavy atom. The van der Waals surface area contributed by atoms with Crippen LogP contribution >= 0.6 is 0 Å². The molecule has 0 bridgehead atoms. The molecule has 1 aromatic carbocycles. The maximum atomic E-state index is 12.5. The number of carboxylic acid groups (broad SMARTS) is 1. The molecule has 0 spiro atoms. The number of rotatable bonds is 7. The molecule has 156 valence electrons. The maximum Gasteiger partial charge on any atom is 0.341 e. The number of anilines is 1. The Labute approximate surface area is 165 Å². The van der Waals surface area contributed by atoms with Gasteiger partial charge < -0.3 is 15.2 Å². The van der Waals surface area contributed by atoms with Gasteiger partial charge >= 0.3 is 5.97 Å². The molecule has 28 heavy (non-hydrogen) atoms. The van der Waals surface area contributed by atoms with Crippen LogP contribution in [0.2, 0.25) is 0 Å². The van der Waals surface area contributed by atoms with E-state index >= 15 is 0 Å². The molecule has 1 amide bonds. The van der Waals surface area contributed by atoms with Crippen LogP contribution in [0.1, 0.15) is 46.5 Å². The van der Waals surface area contributed by atoms with Crippen LogP contribution in [-0.4, -0.2) is 42.8 Å². The van der Waals surface area contributed by atoms with E-state index in [1.807, 2.05) is 0 Å². The number of benzene rings is 1. The summed E-state index contributed by atoms with van der Waals surface area (Å²) in [6, 6.07) is 6.41. The van der Waals surface area contributed by atoms with E-state index in [9.17, 15) is 18.0 Å². The molecule has 3 N–H and O–H groups in total. The average Bonchev–Trinajstić information content (AvgIpc) is 2.59. The van der Waals surface area contributed by atoms with Gasteiger partial charge in [-0.3, -0.25) is 4.79 Å². The highest BCUT2D eigenvalue weighted by Gasteiger charge is 2.34. The van der Waals surface area contributed by atoms with E-state index in [-0.39, 0.29) is 17.9 Å². The summed E-state index contributed by atoms with van der Waals surface area (Å²) in [5, 5.41) is 11.5. The normalized spacial score (nSPS) is 20.4. The van der Waals surface area contributed by atoms with Gasteiger partial charge in [-0.15, -0.1) is 0 Å². The second-order valence-electron chi connectivity index (χ2n) is 7.98. The van der Waals surface area contributed by atoms with Crippen molar-refractivity contribution in [1.29, 1.82) is 0 Å². The van der Waals surface area contributed by atoms with Gasteiger partial charge in [-0.05, 0) is 58.6 Å². The zero-order chi connectivity index (χ0) is 20.9. The van der Waals surface area contributed by atoms with E-state index < -0.39 is 27.3 Å². The lowest BCUT2D eigenvalue weighted by atomic mass is 9.86. The summed E-state index contributed by atoms with van der Waals surface area (Å²) >= 11 is 0. The third-order valence-electron chi connectivity index (χ3n) is 4.69. The minimum absolute atomic E-state index is 0.132. The second kappa shape index (κ2) is 8.91. The Bertz CT molecular complexity index is 808. The van der Waals surface area contributed by atoms with Gasteiger partial charge in [-0.25, -0.2) is 17.9 Å². The standard InChI is InChI=1S/C19H28N2O6S/c1-19(2,3)28(25,26)21-14-9-7-13(8-10-14)18(24)20-15-5-4-6-16(11-15)27-12-17(22)23/h4-6,11,13-14,21H,7-10,12H2,1-3H3,(H,20,24)(H,22,23). The lowest BCUT2D eigenvalue weighted by Crippen LogP contribution is -2.46. The van der Waals surface area contributed by atoms with E-state index in [1.54, 1.807) is 45.0 Å². The van der Waals surface area contributed by atoms with Gasteiger partial charge in [0.2, 0.25) is 15.9 Å². The Morgan fingerprint density at radius 3 is 2.39 bits per heavy atom. The fourth-order valence-corrected chi connectivity index (χ4v) is 3.95. The molecule has 9 heteroatoms. The Balaban J connectivity index is 1.87. The van der Waals surface area contributed by atoms with E-state index in [4.69, 9.17) is 9.84 Å². The molecule has 0 saturated heterocycles. The van der Waals surface area contributed by atoms with Gasteiger partial charge in [0.05, 0.1) is 4.75 Å². The molecule has 1 fully saturated rings. The SMILES string of the molecule is CC(C)(C)S(=O)(=O)NC1CCC(C(=O)Nc2cccc(OCC(=O)O)c2)CC1. The van der Waals surface area contributed by atoms with E-state index in [0.29, 0.717) is 37.1 Å². The maximum absolute atomic E-state index is 12.5. The number of carbonyl (C=O) groups is 2. The molecule has 1 aromatic rings. The predicted octanol–water partition coefficient (Wildman–Crippen LogP) is 2.37. The minimum Gasteiger partial charge on any atom is -0.482 e. The van der Waals surface area contributed by atoms with Crippen LogP contribution in [0.15, 0.2) is 24.3 Å². The number of carbonyl (C=O) groups excluding carboxylic acids is 1. The van der Waals surface area contributed by atoms with Crippen molar-refractivity contribution < 1.29 is 27.9 Å². The number of sulfonamides is 1. The molecule has 0 radical (unpaired) electrons. The number of carboxylic acids is 1. The zero-order valence-electron chi connectivity index (χ0n) is 16.4. The van der Waals surface area contributed by atoms with Crippen molar-refractivity contribution in [2.45, 2.75) is 57.2 Å². The predicted molar refractivity (Wildman–Crippen MR) is 106 cm³/mol. The first-order valence-electron chi connectivity index (χ1n) is 9.25. The number of aliphatic carboxylic acids is 1. The third kappa shape index (κ3) is 6.20. The highest BCUT2D eigenvalue weighted by molar-refractivity contribution is 7.90. The number of nitrogens with one attached hydrogen (secondary N) is 2. The Hall–Kier alpha value is -2.13. The molecule has 0 unspecified atom stereocenters. The van der Waals surface area contributed by atoms with Crippen molar-refractivity contribution in [3.63, 3.8) is 0 Å². The van der Waals surface area contributed by atoms with E-state index in [0.717, 1.165) is 0 Å². The molecular weight excluding hydrogens is 384 g/mol. The Kier molecular flexibility index (Phi) is 7.06. The van der Waals surface area contributed by atoms with Gasteiger partial charge in [-0.1, -0.05) is 6.07 Å². The molecule has 0 aromatic heterocycles. The zero-order valence-corrected chi connectivity index (χ0v) is 17.2. The van der Waals surface area contributed by atoms with Crippen molar-refractivity contribution in [3.05, 3.63) is 24.3 Å². The molecule has 0 heterocycles. The highest BCUT2D eigenvalue weighted by atomic mass is 32.2. The first-order valence-corrected chi connectivity index (χ1v) is 10.7. The molecule has 1 aliphatic rings. The van der Waals surface area contributed by atoms with Crippen molar-refractivity contribution in [3.8, 4) is 5.75 Å². The van der Waals surface area contributed by atoms with Crippen LogP contribution in [0.3, 0.4) is 0 Å². The largest absolute Gasteiger partial charge is 0.482 e. The van der Waals surface area contributed by atoms with Crippen LogP contribution in [0, 0.1) is 5.92 Å². The second-order valence-corrected chi connectivity index (χ2v) is 10.4. The lowest BCUT2D eigenvalue weighted by molar-refractivity contribution is -0.139. The van der Waals surface area contributed by atoms with Gasteiger partial charge in [-0.2, -0.15) is 0 Å². The van der Waals surface area contributed by atoms with Gasteiger partial charge in [0.25, 0.3) is 0 Å². The van der Waals surface area contributed by atoms with Crippen LogP contribution in [0.25, 0.3) is 0 Å². The first-order chi connectivity index (χ1) is 13.0. The molecule has 2 rings (SSSR count). The molecule has 8 nitrogen and oxygen atoms in total. The number of ether oxygens (including phenoxy) is 1. The van der Waals surface area contributed by atoms with Crippen molar-refractivity contribution >= 4 is 27.6 Å². The summed E-state index contributed by atoms with van der Waals surface area (Å²) in [6.07, 6.45) is 2.40. The molecule has 0 atom stereocenters. The number of hydrogen-bond acceptors (Lipinski definition) is 5. The first kappa shape index (κ1) is 22.2. The number of hydrogen-bond donors (Lipinski definition) is 3. The summed E-state index contributed by atoms with van der Waals surface area (Å²) in [7, 11) is -3.41. The fourth-order valence-electron chi connectivity index (χ4n) is 2.92. The lowest BCUT2D eigenvalue weighted by Gasteiger charge is -2.30. The topological polar surface area (TPSA) is 122 Å². The summed E-state index contributed by atoms with van der Waals surface area (Å²) in [4.78, 5) is 23.1. The Morgan fingerprint density at radius 1 is 1.18 bits per heavy atom. The molecule has 1 saturated carbocycles. The van der Waals surface area contributed by atoms with Crippen molar-refractivity contribution in [2.75, 3.05) is 11.9 Å². The summed E-state index contributed by atoms with van der Waals surface area (Å²) < 4.78 is 31.5. The summed E-state index contributed by atoms with van der Waals surface area (Å²) in [5.41, 5.74) is 0.531. The summed E-state index contributed by atoms with van der Waals surface area (Å²) in [5.74, 6) is -1.04. The monoisotopic (exact) mass is 412 g/mol. The number of amides is 1. The van der Waals surface area contributed by atoms with Crippen LogP contribution in [0.5, 0.6) is 5.75 Å². The van der Waals surface area contributed by atoms with E-state index in [1.165, 1.54) is 0 Å². The fraction of sp³-hybridized carbons (Fsp3) is 0.579. The van der Waals surface area contributed by atoms with Gasteiger partial charge in [0.15, 0.2) is 6.61 Å². The highest BCUT2D eigenvalue weighted by Crippen LogP contribution is 2.28. The summed E-state index contributed by atoms with van der Waals surface area (Å²) in [6.45, 7) is 4.51. The molecular formula is C19H28N2O6S. The van der Waals surface area contributed by atoms with Crippen molar-refractivity contribution in [2.24, 2.45) is 5.92 Å². The minimum atomic E-state index is -3.41. The van der Waals surface area contributed by atoms with Crippen LogP contribution in [-0.2, 0) is 19.6 Å². The molecule has 0 aliphatic heterocycles. The average molecular weight is 413 g/mol. The third-order valence-corrected chi connectivity index (χ3v) is 6.95. The van der Waals surface area contributed by atoms with Gasteiger partial charge in [0.1, 0.15) is 5.75 Å². The molecule has 1 aliphatic carbocycles. The van der Waals surface area contributed by atoms with Crippen molar-refractivity contribution in [1.82, 2.24) is 4.72 Å². The van der Waals surface area contributed by atoms with E-state index in [2.05, 4.69) is 10.0 Å². The van der Waals surface area contributed by atoms with Crippen LogP contribution in [0.4, 0.5) is 5.69 Å². The quantitative estimate of drug-likeness (QED) is 0.632. The smallest absolute Gasteiger partial charge is 0.341 e. The van der Waals surface area contributed by atoms with Gasteiger partial charge in [0, 0.05) is 23.7 Å².